The molecule has 0 radical (unpaired) electrons. The van der Waals surface area contributed by atoms with Crippen LogP contribution in [0.1, 0.15) is 34.4 Å². The van der Waals surface area contributed by atoms with Gasteiger partial charge < -0.3 is 4.90 Å². The van der Waals surface area contributed by atoms with Crippen LogP contribution in [0.5, 0.6) is 0 Å². The molecule has 0 atom stereocenters. The maximum atomic E-state index is 13.7. The van der Waals surface area contributed by atoms with Crippen molar-refractivity contribution in [2.45, 2.75) is 44.7 Å². The highest BCUT2D eigenvalue weighted by atomic mass is 32.2. The smallest absolute Gasteiger partial charge is 0.267 e. The van der Waals surface area contributed by atoms with Gasteiger partial charge in [-0.2, -0.15) is 0 Å². The van der Waals surface area contributed by atoms with Crippen molar-refractivity contribution in [3.63, 3.8) is 0 Å². The predicted octanol–water partition coefficient (Wildman–Crippen LogP) is 4.12. The van der Waals surface area contributed by atoms with Crippen LogP contribution in [0.25, 0.3) is 15.9 Å². The van der Waals surface area contributed by atoms with Crippen LogP contribution in [0.4, 0.5) is 0 Å². The second-order valence-corrected chi connectivity index (χ2v) is 9.82. The van der Waals surface area contributed by atoms with E-state index in [4.69, 9.17) is 4.98 Å². The van der Waals surface area contributed by atoms with Gasteiger partial charge in [-0.1, -0.05) is 29.5 Å². The van der Waals surface area contributed by atoms with Crippen molar-refractivity contribution in [3.05, 3.63) is 50.1 Å². The number of carbonyl (C=O) groups is 1. The van der Waals surface area contributed by atoms with Gasteiger partial charge in [-0.05, 0) is 56.7 Å². The summed E-state index contributed by atoms with van der Waals surface area (Å²) in [6.45, 7) is 4.06. The molecule has 0 bridgehead atoms. The van der Waals surface area contributed by atoms with E-state index in [2.05, 4.69) is 6.07 Å². The van der Waals surface area contributed by atoms with E-state index in [1.165, 1.54) is 28.6 Å². The lowest BCUT2D eigenvalue weighted by Gasteiger charge is -2.16. The topological polar surface area (TPSA) is 55.2 Å². The van der Waals surface area contributed by atoms with Crippen LogP contribution in [-0.2, 0) is 17.6 Å². The number of fused-ring (bicyclic) bond motifs is 3. The number of hydrogen-bond donors (Lipinski definition) is 0. The molecule has 7 heteroatoms. The average molecular weight is 428 g/mol. The lowest BCUT2D eigenvalue weighted by atomic mass is 9.97. The number of nitrogens with zero attached hydrogens (tertiary/aromatic N) is 3. The third-order valence-corrected chi connectivity index (χ3v) is 7.48. The summed E-state index contributed by atoms with van der Waals surface area (Å²) in [4.78, 5) is 34.5. The molecule has 3 aromatic rings. The lowest BCUT2D eigenvalue weighted by molar-refractivity contribution is -0.125. The van der Waals surface area contributed by atoms with Gasteiger partial charge in [0, 0.05) is 19.0 Å². The Morgan fingerprint density at radius 1 is 1.24 bits per heavy atom. The molecule has 0 N–H and O–H groups in total. The Labute approximate surface area is 178 Å². The average Bonchev–Trinajstić information content (AvgIpc) is 3.05. The number of rotatable bonds is 4. The van der Waals surface area contributed by atoms with E-state index in [1.54, 1.807) is 34.9 Å². The van der Waals surface area contributed by atoms with Gasteiger partial charge in [0.2, 0.25) is 5.91 Å². The van der Waals surface area contributed by atoms with E-state index in [0.717, 1.165) is 46.3 Å². The van der Waals surface area contributed by atoms with Crippen LogP contribution in [0.2, 0.25) is 0 Å². The zero-order valence-corrected chi connectivity index (χ0v) is 18.9. The molecule has 0 fully saturated rings. The fourth-order valence-electron chi connectivity index (χ4n) is 3.81. The van der Waals surface area contributed by atoms with Crippen molar-refractivity contribution in [1.82, 2.24) is 14.5 Å². The molecule has 0 saturated heterocycles. The highest BCUT2D eigenvalue weighted by molar-refractivity contribution is 7.99. The number of aromatic nitrogens is 2. The number of carbonyl (C=O) groups excluding carboxylic acids is 1. The van der Waals surface area contributed by atoms with Gasteiger partial charge >= 0.3 is 0 Å². The molecule has 29 heavy (non-hydrogen) atoms. The molecule has 0 spiro atoms. The van der Waals surface area contributed by atoms with Crippen LogP contribution in [0.3, 0.4) is 0 Å². The number of thioether (sulfide) groups is 1. The molecule has 0 aliphatic heterocycles. The van der Waals surface area contributed by atoms with Gasteiger partial charge in [-0.25, -0.2) is 4.98 Å². The van der Waals surface area contributed by atoms with Gasteiger partial charge in [-0.3, -0.25) is 14.2 Å². The van der Waals surface area contributed by atoms with Gasteiger partial charge in [0.15, 0.2) is 5.16 Å². The van der Waals surface area contributed by atoms with Crippen molar-refractivity contribution < 1.29 is 4.79 Å². The summed E-state index contributed by atoms with van der Waals surface area (Å²) < 4.78 is 1.71. The molecule has 2 aromatic heterocycles. The Morgan fingerprint density at radius 2 is 2.00 bits per heavy atom. The second kappa shape index (κ2) is 7.95. The van der Waals surface area contributed by atoms with E-state index in [0.29, 0.717) is 5.16 Å². The molecule has 152 valence electrons. The SMILES string of the molecule is Cc1ccc(-n2c(SCC(=O)N(C)C)nc3sc4c(c3c2=O)CCCC4)c(C)c1. The molecule has 4 rings (SSSR count). The van der Waals surface area contributed by atoms with Gasteiger partial charge in [-0.15, -0.1) is 11.3 Å². The van der Waals surface area contributed by atoms with Crippen molar-refractivity contribution in [2.75, 3.05) is 19.8 Å². The minimum Gasteiger partial charge on any atom is -0.348 e. The Bertz CT molecular complexity index is 1160. The molecular weight excluding hydrogens is 402 g/mol. The largest absolute Gasteiger partial charge is 0.348 e. The molecule has 0 unspecified atom stereocenters. The third kappa shape index (κ3) is 3.73. The number of benzene rings is 1. The zero-order valence-electron chi connectivity index (χ0n) is 17.2. The Kier molecular flexibility index (Phi) is 5.53. The quantitative estimate of drug-likeness (QED) is 0.464. The minimum absolute atomic E-state index is 0.00185. The number of hydrogen-bond acceptors (Lipinski definition) is 5. The van der Waals surface area contributed by atoms with Crippen LogP contribution < -0.4 is 5.56 Å². The molecule has 1 aromatic carbocycles. The van der Waals surface area contributed by atoms with Gasteiger partial charge in [0.05, 0.1) is 16.8 Å². The van der Waals surface area contributed by atoms with Crippen molar-refractivity contribution in [3.8, 4) is 5.69 Å². The first-order valence-electron chi connectivity index (χ1n) is 9.84. The summed E-state index contributed by atoms with van der Waals surface area (Å²) in [6, 6.07) is 6.08. The van der Waals surface area contributed by atoms with Crippen LogP contribution in [0, 0.1) is 13.8 Å². The van der Waals surface area contributed by atoms with Crippen molar-refractivity contribution >= 4 is 39.2 Å². The van der Waals surface area contributed by atoms with Crippen molar-refractivity contribution in [1.29, 1.82) is 0 Å². The van der Waals surface area contributed by atoms with E-state index < -0.39 is 0 Å². The fourth-order valence-corrected chi connectivity index (χ4v) is 6.09. The van der Waals surface area contributed by atoms with Crippen molar-refractivity contribution in [2.24, 2.45) is 0 Å². The van der Waals surface area contributed by atoms with E-state index in [1.807, 2.05) is 26.0 Å². The standard InChI is InChI=1S/C22H25N3O2S2/c1-13-9-10-16(14(2)11-13)25-21(27)19-15-7-5-6-8-17(15)29-20(19)23-22(25)28-12-18(26)24(3)4/h9-11H,5-8,12H2,1-4H3. The molecule has 0 saturated carbocycles. The first-order valence-corrected chi connectivity index (χ1v) is 11.6. The third-order valence-electron chi connectivity index (χ3n) is 5.37. The summed E-state index contributed by atoms with van der Waals surface area (Å²) in [5.41, 5.74) is 4.19. The first kappa shape index (κ1) is 20.2. The fraction of sp³-hybridized carbons (Fsp3) is 0.409. The lowest BCUT2D eigenvalue weighted by Crippen LogP contribution is -2.26. The molecule has 1 aliphatic carbocycles. The van der Waals surface area contributed by atoms with Gasteiger partial charge in [0.25, 0.3) is 5.56 Å². The summed E-state index contributed by atoms with van der Waals surface area (Å²) in [5, 5.41) is 1.36. The zero-order chi connectivity index (χ0) is 20.7. The van der Waals surface area contributed by atoms with Crippen LogP contribution in [-0.4, -0.2) is 40.2 Å². The Morgan fingerprint density at radius 3 is 2.72 bits per heavy atom. The second-order valence-electron chi connectivity index (χ2n) is 7.79. The van der Waals surface area contributed by atoms with E-state index in [9.17, 15) is 9.59 Å². The molecule has 1 amide bonds. The summed E-state index contributed by atoms with van der Waals surface area (Å²) in [7, 11) is 3.48. The highest BCUT2D eigenvalue weighted by Crippen LogP contribution is 2.35. The maximum absolute atomic E-state index is 13.7. The monoisotopic (exact) mass is 427 g/mol. The summed E-state index contributed by atoms with van der Waals surface area (Å²) >= 11 is 2.98. The Hall–Kier alpha value is -2.12. The first-order chi connectivity index (χ1) is 13.9. The normalized spacial score (nSPS) is 13.5. The van der Waals surface area contributed by atoms with Gasteiger partial charge in [0.1, 0.15) is 4.83 Å². The molecular formula is C22H25N3O2S2. The predicted molar refractivity (Wildman–Crippen MR) is 121 cm³/mol. The van der Waals surface area contributed by atoms with Crippen LogP contribution >= 0.6 is 23.1 Å². The van der Waals surface area contributed by atoms with E-state index in [-0.39, 0.29) is 17.2 Å². The highest BCUT2D eigenvalue weighted by Gasteiger charge is 2.23. The van der Waals surface area contributed by atoms with Crippen LogP contribution in [0.15, 0.2) is 28.2 Å². The summed E-state index contributed by atoms with van der Waals surface area (Å²) in [6.07, 6.45) is 4.27. The number of aryl methyl sites for hydroxylation is 4. The molecule has 5 nitrogen and oxygen atoms in total. The number of thiophene rings is 1. The summed E-state index contributed by atoms with van der Waals surface area (Å²) in [5.74, 6) is 0.253. The minimum atomic E-state index is -0.0128. The number of amides is 1. The van der Waals surface area contributed by atoms with E-state index >= 15 is 0 Å². The maximum Gasteiger partial charge on any atom is 0.267 e. The Balaban J connectivity index is 1.94. The molecule has 2 heterocycles. The molecule has 1 aliphatic rings.